The van der Waals surface area contributed by atoms with E-state index in [0.717, 1.165) is 41.2 Å². The van der Waals surface area contributed by atoms with Gasteiger partial charge in [0.25, 0.3) is 10.1 Å². The van der Waals surface area contributed by atoms with Crippen LogP contribution in [0.4, 0.5) is 10.5 Å². The third-order valence-electron chi connectivity index (χ3n) is 4.53. The fraction of sp³-hybridized carbons (Fsp3) is 0.438. The summed E-state index contributed by atoms with van der Waals surface area (Å²) in [5.74, 6) is -1.24. The van der Waals surface area contributed by atoms with Crippen LogP contribution in [0.1, 0.15) is 38.5 Å². The van der Waals surface area contributed by atoms with Crippen LogP contribution in [-0.4, -0.2) is 71.3 Å². The zero-order valence-electron chi connectivity index (χ0n) is 14.4. The van der Waals surface area contributed by atoms with E-state index in [1.807, 2.05) is 0 Å². The molecule has 1 radical (unpaired) electrons. The second kappa shape index (κ2) is 8.18. The van der Waals surface area contributed by atoms with Crippen LogP contribution < -0.4 is 4.90 Å². The first kappa shape index (κ1) is 21.0. The van der Waals surface area contributed by atoms with E-state index in [1.54, 1.807) is 0 Å². The van der Waals surface area contributed by atoms with Crippen molar-refractivity contribution in [3.8, 4) is 0 Å². The van der Waals surface area contributed by atoms with E-state index in [4.69, 9.17) is 4.55 Å². The molecule has 1 saturated heterocycles. The van der Waals surface area contributed by atoms with Crippen LogP contribution in [0.2, 0.25) is 0 Å². The Labute approximate surface area is 173 Å². The van der Waals surface area contributed by atoms with E-state index in [2.05, 4.69) is 0 Å². The van der Waals surface area contributed by atoms with Crippen molar-refractivity contribution in [1.82, 2.24) is 4.90 Å². The van der Waals surface area contributed by atoms with Crippen LogP contribution in [0.15, 0.2) is 29.2 Å². The maximum atomic E-state index is 12.8. The van der Waals surface area contributed by atoms with Crippen molar-refractivity contribution >= 4 is 63.2 Å². The van der Waals surface area contributed by atoms with Crippen molar-refractivity contribution in [1.29, 1.82) is 0 Å². The molecule has 2 fully saturated rings. The number of imide groups is 2. The van der Waals surface area contributed by atoms with Crippen LogP contribution in [0.5, 0.6) is 0 Å². The van der Waals surface area contributed by atoms with Crippen LogP contribution in [0, 0.1) is 0 Å². The predicted molar refractivity (Wildman–Crippen MR) is 93.2 cm³/mol. The molecule has 4 amide bonds. The van der Waals surface area contributed by atoms with E-state index in [0.29, 0.717) is 12.8 Å². The Hall–Kier alpha value is -1.26. The molecule has 1 aliphatic carbocycles. The molecule has 0 atom stereocenters. The topological polar surface area (TPSA) is 112 Å². The summed E-state index contributed by atoms with van der Waals surface area (Å²) >= 11 is 0. The van der Waals surface area contributed by atoms with Crippen molar-refractivity contribution in [3.63, 3.8) is 0 Å². The number of carbonyl (C=O) groups is 3. The maximum absolute atomic E-state index is 12.8. The Balaban J connectivity index is 0.00000243. The Morgan fingerprint density at radius 3 is 2.27 bits per heavy atom. The van der Waals surface area contributed by atoms with Gasteiger partial charge >= 0.3 is 6.03 Å². The summed E-state index contributed by atoms with van der Waals surface area (Å²) in [5.41, 5.74) is 0.0124. The average molecular weight is 389 g/mol. The van der Waals surface area contributed by atoms with E-state index in [-0.39, 0.29) is 41.3 Å². The SMILES string of the molecule is O=C1CC(=O)N(C2CCCCC2)C(=O)N1c1cccc(S(=O)(=O)O)c1.[Na]. The molecule has 0 bridgehead atoms. The fourth-order valence-corrected chi connectivity index (χ4v) is 3.87. The van der Waals surface area contributed by atoms with Crippen molar-refractivity contribution in [3.05, 3.63) is 24.3 Å². The minimum atomic E-state index is -4.47. The van der Waals surface area contributed by atoms with Gasteiger partial charge in [-0.05, 0) is 31.0 Å². The van der Waals surface area contributed by atoms with E-state index < -0.39 is 39.3 Å². The molecule has 0 unspecified atom stereocenters. The van der Waals surface area contributed by atoms with Gasteiger partial charge in [0.15, 0.2) is 0 Å². The minimum Gasteiger partial charge on any atom is -0.282 e. The van der Waals surface area contributed by atoms with Gasteiger partial charge < -0.3 is 0 Å². The number of amides is 4. The van der Waals surface area contributed by atoms with Gasteiger partial charge in [0.2, 0.25) is 11.8 Å². The Kier molecular flexibility index (Phi) is 6.62. The summed E-state index contributed by atoms with van der Waals surface area (Å²) in [5, 5.41) is 0. The molecule has 26 heavy (non-hydrogen) atoms. The minimum absolute atomic E-state index is 0. The zero-order valence-corrected chi connectivity index (χ0v) is 17.2. The first-order valence-corrected chi connectivity index (χ1v) is 9.49. The normalized spacial score (nSPS) is 19.5. The van der Waals surface area contributed by atoms with Gasteiger partial charge in [-0.2, -0.15) is 8.42 Å². The first-order valence-electron chi connectivity index (χ1n) is 8.05. The Bertz CT molecular complexity index is 835. The molecular formula is C16H18N2NaO6S. The molecular weight excluding hydrogens is 371 g/mol. The summed E-state index contributed by atoms with van der Waals surface area (Å²) in [4.78, 5) is 38.8. The van der Waals surface area contributed by atoms with Crippen LogP contribution >= 0.6 is 0 Å². The van der Waals surface area contributed by atoms with Gasteiger partial charge in [0.05, 0.1) is 10.6 Å². The number of urea groups is 1. The molecule has 1 aromatic carbocycles. The average Bonchev–Trinajstić information content (AvgIpc) is 2.55. The smallest absolute Gasteiger partial charge is 0.282 e. The Morgan fingerprint density at radius 2 is 1.65 bits per heavy atom. The van der Waals surface area contributed by atoms with Gasteiger partial charge in [-0.15, -0.1) is 0 Å². The summed E-state index contributed by atoms with van der Waals surface area (Å²) in [6.45, 7) is 0. The first-order chi connectivity index (χ1) is 11.8. The second-order valence-electron chi connectivity index (χ2n) is 6.22. The molecule has 0 aromatic heterocycles. The van der Waals surface area contributed by atoms with Gasteiger partial charge in [-0.25, -0.2) is 9.69 Å². The van der Waals surface area contributed by atoms with Crippen molar-refractivity contribution in [2.45, 2.75) is 49.5 Å². The number of carbonyl (C=O) groups excluding carboxylic acids is 3. The van der Waals surface area contributed by atoms with E-state index in [9.17, 15) is 22.8 Å². The number of hydrogen-bond acceptors (Lipinski definition) is 5. The number of rotatable bonds is 3. The van der Waals surface area contributed by atoms with Gasteiger partial charge in [-0.3, -0.25) is 19.0 Å². The fourth-order valence-electron chi connectivity index (χ4n) is 3.35. The largest absolute Gasteiger partial charge is 0.338 e. The summed E-state index contributed by atoms with van der Waals surface area (Å²) in [7, 11) is -4.47. The monoisotopic (exact) mass is 389 g/mol. The molecule has 1 heterocycles. The molecule has 1 aromatic rings. The van der Waals surface area contributed by atoms with Crippen molar-refractivity contribution < 1.29 is 27.4 Å². The Morgan fingerprint density at radius 1 is 1.00 bits per heavy atom. The summed E-state index contributed by atoms with van der Waals surface area (Å²) in [6, 6.07) is 3.90. The van der Waals surface area contributed by atoms with Gasteiger partial charge in [0.1, 0.15) is 6.42 Å². The van der Waals surface area contributed by atoms with E-state index in [1.165, 1.54) is 12.1 Å². The van der Waals surface area contributed by atoms with E-state index >= 15 is 0 Å². The third kappa shape index (κ3) is 4.17. The number of hydrogen-bond donors (Lipinski definition) is 1. The molecule has 1 N–H and O–H groups in total. The van der Waals surface area contributed by atoms with Crippen LogP contribution in [0.25, 0.3) is 0 Å². The van der Waals surface area contributed by atoms with Gasteiger partial charge in [0, 0.05) is 35.6 Å². The molecule has 10 heteroatoms. The van der Waals surface area contributed by atoms with Crippen molar-refractivity contribution in [2.75, 3.05) is 4.90 Å². The quantitative estimate of drug-likeness (QED) is 0.477. The number of barbiturate groups is 1. The van der Waals surface area contributed by atoms with Crippen LogP contribution in [-0.2, 0) is 19.7 Å². The molecule has 1 saturated carbocycles. The zero-order chi connectivity index (χ0) is 18.2. The number of anilines is 1. The summed E-state index contributed by atoms with van der Waals surface area (Å²) in [6.07, 6.45) is 3.82. The second-order valence-corrected chi connectivity index (χ2v) is 7.64. The number of benzene rings is 1. The molecule has 8 nitrogen and oxygen atoms in total. The maximum Gasteiger partial charge on any atom is 0.338 e. The standard InChI is InChI=1S/C16H18N2O6S.Na/c19-14-10-15(20)18(12-7-4-8-13(9-12)25(22,23)24)16(21)17(14)11-5-2-1-3-6-11;/h4,7-9,11H,1-3,5-6,10H2,(H,22,23,24);. The van der Waals surface area contributed by atoms with Crippen molar-refractivity contribution in [2.24, 2.45) is 0 Å². The van der Waals surface area contributed by atoms with Gasteiger partial charge in [-0.1, -0.05) is 25.3 Å². The molecule has 3 rings (SSSR count). The summed E-state index contributed by atoms with van der Waals surface area (Å²) < 4.78 is 31.8. The predicted octanol–water partition coefficient (Wildman–Crippen LogP) is 1.57. The molecule has 0 spiro atoms. The number of nitrogens with zero attached hydrogens (tertiary/aromatic N) is 2. The van der Waals surface area contributed by atoms with Crippen LogP contribution in [0.3, 0.4) is 0 Å². The molecule has 2 aliphatic rings. The molecule has 1 aliphatic heterocycles. The molecule has 135 valence electrons. The third-order valence-corrected chi connectivity index (χ3v) is 5.38.